The summed E-state index contributed by atoms with van der Waals surface area (Å²) in [6.45, 7) is 2.24. The third kappa shape index (κ3) is 2.46. The molecule has 12 radical (unpaired) electrons. The van der Waals surface area contributed by atoms with E-state index in [2.05, 4.69) is 65.2 Å². The van der Waals surface area contributed by atoms with Crippen LogP contribution in [0, 0.1) is 0 Å². The molecule has 0 aromatic heterocycles. The van der Waals surface area contributed by atoms with Crippen LogP contribution in [0.4, 0.5) is 0 Å². The van der Waals surface area contributed by atoms with Crippen LogP contribution in [0.15, 0.2) is 11.6 Å². The first kappa shape index (κ1) is 13.6. The second kappa shape index (κ2) is 4.38. The third-order valence-electron chi connectivity index (χ3n) is 3.65. The Morgan fingerprint density at radius 2 is 1.94 bits per heavy atom. The van der Waals surface area contributed by atoms with Crippen LogP contribution in [0.3, 0.4) is 0 Å². The SMILES string of the molecule is CC1=CC[Si]2(CC([Si])([Si])CCC2([Si])[Si])SC1. The first-order valence-electron chi connectivity index (χ1n) is 5.56. The van der Waals surface area contributed by atoms with Crippen molar-refractivity contribution in [3.63, 3.8) is 0 Å². The number of hydrogen-bond donors (Lipinski definition) is 0. The summed E-state index contributed by atoms with van der Waals surface area (Å²) in [6.07, 6.45) is 4.79. The van der Waals surface area contributed by atoms with Gasteiger partial charge in [0.2, 0.25) is 0 Å². The minimum absolute atomic E-state index is 0.154. The molecule has 1 atom stereocenters. The Hall–Kier alpha value is 1.17. The van der Waals surface area contributed by atoms with Crippen LogP contribution in [-0.4, -0.2) is 53.9 Å². The quantitative estimate of drug-likeness (QED) is 0.486. The van der Waals surface area contributed by atoms with Gasteiger partial charge in [-0.15, -0.1) is 0 Å². The summed E-state index contributed by atoms with van der Waals surface area (Å²) >= 11 is 2.21. The van der Waals surface area contributed by atoms with Gasteiger partial charge in [-0.2, -0.15) is 11.2 Å². The molecule has 6 heteroatoms. The largest absolute Gasteiger partial charge is 0.180 e. The average Bonchev–Trinajstić information content (AvgIpc) is 2.17. The van der Waals surface area contributed by atoms with Crippen LogP contribution in [0.2, 0.25) is 21.0 Å². The first-order chi connectivity index (χ1) is 7.27. The van der Waals surface area contributed by atoms with E-state index < -0.39 is 7.22 Å². The van der Waals surface area contributed by atoms with Gasteiger partial charge in [-0.1, -0.05) is 29.2 Å². The maximum Gasteiger partial charge on any atom is 0.121 e. The predicted molar refractivity (Wildman–Crippen MR) is 79.2 cm³/mol. The Bertz CT molecular complexity index is 325. The maximum absolute atomic E-state index is 4.02. The van der Waals surface area contributed by atoms with E-state index >= 15 is 0 Å². The summed E-state index contributed by atoms with van der Waals surface area (Å²) in [6, 6.07) is 2.53. The highest BCUT2D eigenvalue weighted by molar-refractivity contribution is 8.29. The van der Waals surface area contributed by atoms with E-state index in [0.717, 1.165) is 6.42 Å². The summed E-state index contributed by atoms with van der Waals surface area (Å²) in [5.74, 6) is 1.21. The number of allylic oxidation sites excluding steroid dienone is 1. The fourth-order valence-electron chi connectivity index (χ4n) is 2.49. The van der Waals surface area contributed by atoms with Crippen molar-refractivity contribution in [2.75, 3.05) is 5.75 Å². The highest BCUT2D eigenvalue weighted by Crippen LogP contribution is 2.59. The molecule has 0 saturated carbocycles. The number of rotatable bonds is 0. The fourth-order valence-corrected chi connectivity index (χ4v) is 16.5. The standard InChI is InChI=1S/C10H14SSi5/c1-8-2-5-16(11-6-8)7-9(12,13)3-4-10(16,14)15/h2H,3-7H2,1H3. The molecule has 1 fully saturated rings. The molecule has 0 bridgehead atoms. The van der Waals surface area contributed by atoms with E-state index in [4.69, 9.17) is 0 Å². The van der Waals surface area contributed by atoms with Gasteiger partial charge in [0.25, 0.3) is 0 Å². The van der Waals surface area contributed by atoms with E-state index in [1.807, 2.05) is 0 Å². The molecule has 2 rings (SSSR count). The van der Waals surface area contributed by atoms with Gasteiger partial charge >= 0.3 is 0 Å². The Balaban J connectivity index is 2.28. The van der Waals surface area contributed by atoms with Gasteiger partial charge in [0.05, 0.1) is 0 Å². The summed E-state index contributed by atoms with van der Waals surface area (Å²) in [7, 11) is 14.4. The van der Waals surface area contributed by atoms with Crippen molar-refractivity contribution in [1.82, 2.24) is 0 Å². The minimum Gasteiger partial charge on any atom is -0.180 e. The molecule has 2 aliphatic heterocycles. The Kier molecular flexibility index (Phi) is 3.72. The van der Waals surface area contributed by atoms with Crippen molar-refractivity contribution in [1.29, 1.82) is 0 Å². The zero-order chi connectivity index (χ0) is 12.0. The molecule has 1 saturated heterocycles. The van der Waals surface area contributed by atoms with Crippen molar-refractivity contribution in [3.05, 3.63) is 11.6 Å². The van der Waals surface area contributed by atoms with Crippen molar-refractivity contribution in [2.45, 2.75) is 40.8 Å². The molecule has 0 aliphatic carbocycles. The summed E-state index contributed by atoms with van der Waals surface area (Å²) in [5, 5.41) is 0. The van der Waals surface area contributed by atoms with Crippen molar-refractivity contribution in [2.24, 2.45) is 0 Å². The highest BCUT2D eigenvalue weighted by atomic mass is 32.4. The average molecular weight is 307 g/mol. The lowest BCUT2D eigenvalue weighted by atomic mass is 10.2. The minimum atomic E-state index is -1.40. The molecule has 0 N–H and O–H groups in total. The zero-order valence-corrected chi connectivity index (χ0v) is 15.3. The molecule has 1 spiro atoms. The van der Waals surface area contributed by atoms with Crippen LogP contribution < -0.4 is 0 Å². The van der Waals surface area contributed by atoms with Crippen LogP contribution >= 0.6 is 11.2 Å². The summed E-state index contributed by atoms with van der Waals surface area (Å²) in [5.41, 5.74) is 1.54. The molecule has 1 unspecified atom stereocenters. The van der Waals surface area contributed by atoms with Crippen molar-refractivity contribution >= 4 is 59.4 Å². The summed E-state index contributed by atoms with van der Waals surface area (Å²) in [4.78, 5) is 0. The van der Waals surface area contributed by atoms with E-state index in [9.17, 15) is 0 Å². The van der Waals surface area contributed by atoms with E-state index in [1.165, 1.54) is 29.8 Å². The van der Waals surface area contributed by atoms with Crippen LogP contribution in [-0.2, 0) is 0 Å². The lowest BCUT2D eigenvalue weighted by molar-refractivity contribution is 0.624. The lowest BCUT2D eigenvalue weighted by Gasteiger charge is -2.54. The molecular weight excluding hydrogens is 293 g/mol. The lowest BCUT2D eigenvalue weighted by Crippen LogP contribution is -2.53. The Morgan fingerprint density at radius 3 is 2.50 bits per heavy atom. The van der Waals surface area contributed by atoms with Gasteiger partial charge in [-0.3, -0.25) is 0 Å². The summed E-state index contributed by atoms with van der Waals surface area (Å²) < 4.78 is 0.346. The molecule has 0 aromatic carbocycles. The smallest absolute Gasteiger partial charge is 0.121 e. The van der Waals surface area contributed by atoms with Crippen LogP contribution in [0.5, 0.6) is 0 Å². The molecular formula is C10H14SSi5. The van der Waals surface area contributed by atoms with Gasteiger partial charge in [0, 0.05) is 46.7 Å². The molecule has 0 aromatic rings. The normalized spacial score (nSPS) is 37.2. The first-order valence-corrected chi connectivity index (χ1v) is 11.7. The maximum atomic E-state index is 4.02. The third-order valence-corrected chi connectivity index (χ3v) is 18.7. The monoisotopic (exact) mass is 306 g/mol. The van der Waals surface area contributed by atoms with Gasteiger partial charge in [-0.05, 0) is 23.3 Å². The van der Waals surface area contributed by atoms with E-state index in [1.54, 1.807) is 0 Å². The highest BCUT2D eigenvalue weighted by Gasteiger charge is 2.53. The molecule has 2 heterocycles. The van der Waals surface area contributed by atoms with Gasteiger partial charge < -0.3 is 0 Å². The number of hydrogen-bond acceptors (Lipinski definition) is 1. The van der Waals surface area contributed by atoms with Gasteiger partial charge in [-0.25, -0.2) is 0 Å². The second-order valence-electron chi connectivity index (χ2n) is 5.20. The molecule has 0 nitrogen and oxygen atoms in total. The molecule has 80 valence electrons. The topological polar surface area (TPSA) is 0 Å². The predicted octanol–water partition coefficient (Wildman–Crippen LogP) is 1.86. The van der Waals surface area contributed by atoms with Crippen LogP contribution in [0.25, 0.3) is 0 Å². The van der Waals surface area contributed by atoms with Crippen molar-refractivity contribution < 1.29 is 0 Å². The van der Waals surface area contributed by atoms with E-state index in [0.29, 0.717) is 0 Å². The molecule has 16 heavy (non-hydrogen) atoms. The Morgan fingerprint density at radius 1 is 1.25 bits per heavy atom. The second-order valence-corrected chi connectivity index (χ2v) is 18.2. The molecule has 2 aliphatic rings. The zero-order valence-electron chi connectivity index (χ0n) is 9.52. The van der Waals surface area contributed by atoms with Crippen molar-refractivity contribution in [3.8, 4) is 0 Å². The Labute approximate surface area is 117 Å². The van der Waals surface area contributed by atoms with Crippen LogP contribution in [0.1, 0.15) is 19.8 Å². The van der Waals surface area contributed by atoms with Gasteiger partial charge in [0.1, 0.15) is 7.22 Å². The van der Waals surface area contributed by atoms with E-state index in [-0.39, 0.29) is 8.95 Å². The fraction of sp³-hybridized carbons (Fsp3) is 0.800. The molecule has 0 amide bonds. The van der Waals surface area contributed by atoms with Gasteiger partial charge in [0.15, 0.2) is 0 Å².